The van der Waals surface area contributed by atoms with Gasteiger partial charge in [-0.05, 0) is 52.3 Å². The van der Waals surface area contributed by atoms with Crippen LogP contribution in [0.15, 0.2) is 50.2 Å². The second-order valence-corrected chi connectivity index (χ2v) is 6.00. The first-order valence-electron chi connectivity index (χ1n) is 5.22. The molecule has 0 aliphatic rings. The average Bonchev–Trinajstić information content (AvgIpc) is 2.37. The number of hydrogen-bond donors (Lipinski definition) is 2. The monoisotopic (exact) mass is 403 g/mol. The smallest absolute Gasteiger partial charge is 0.255 e. The Labute approximate surface area is 132 Å². The summed E-state index contributed by atoms with van der Waals surface area (Å²) in [5.41, 5.74) is 0.975. The lowest BCUT2D eigenvalue weighted by Crippen LogP contribution is -2.12. The summed E-state index contributed by atoms with van der Waals surface area (Å²) >= 11 is 10.6. The minimum Gasteiger partial charge on any atom is -0.321 e. The molecule has 0 bridgehead atoms. The lowest BCUT2D eigenvalue weighted by molar-refractivity contribution is 0.102. The van der Waals surface area contributed by atoms with Crippen LogP contribution in [0, 0.1) is 5.82 Å². The zero-order valence-corrected chi connectivity index (χ0v) is 13.5. The van der Waals surface area contributed by atoms with E-state index in [1.54, 1.807) is 6.07 Å². The van der Waals surface area contributed by atoms with E-state index in [1.165, 1.54) is 18.2 Å². The SMILES string of the molecule is O=C(Nc1cc(Br)ccc1Br)c1ccc(F)c(S)c1. The van der Waals surface area contributed by atoms with E-state index in [-0.39, 0.29) is 10.8 Å². The summed E-state index contributed by atoms with van der Waals surface area (Å²) in [5.74, 6) is -0.780. The molecule has 0 saturated heterocycles. The molecule has 2 aromatic rings. The molecule has 2 nitrogen and oxygen atoms in total. The third-order valence-electron chi connectivity index (χ3n) is 2.38. The van der Waals surface area contributed by atoms with Gasteiger partial charge in [-0.2, -0.15) is 0 Å². The van der Waals surface area contributed by atoms with E-state index in [4.69, 9.17) is 0 Å². The number of nitrogens with one attached hydrogen (secondary N) is 1. The number of carbonyl (C=O) groups is 1. The summed E-state index contributed by atoms with van der Waals surface area (Å²) in [4.78, 5) is 12.2. The topological polar surface area (TPSA) is 29.1 Å². The zero-order chi connectivity index (χ0) is 14.0. The molecule has 0 aliphatic heterocycles. The number of rotatable bonds is 2. The summed E-state index contributed by atoms with van der Waals surface area (Å²) in [5, 5.41) is 2.74. The molecule has 2 rings (SSSR count). The van der Waals surface area contributed by atoms with E-state index < -0.39 is 5.82 Å². The van der Waals surface area contributed by atoms with Gasteiger partial charge in [0.25, 0.3) is 5.91 Å². The van der Waals surface area contributed by atoms with E-state index in [9.17, 15) is 9.18 Å². The molecule has 1 amide bonds. The van der Waals surface area contributed by atoms with Crippen LogP contribution in [0.2, 0.25) is 0 Å². The molecule has 98 valence electrons. The number of amides is 1. The van der Waals surface area contributed by atoms with Crippen LogP contribution in [-0.2, 0) is 0 Å². The Morgan fingerprint density at radius 3 is 2.58 bits per heavy atom. The van der Waals surface area contributed by atoms with Crippen molar-refractivity contribution in [2.24, 2.45) is 0 Å². The van der Waals surface area contributed by atoms with Crippen LogP contribution in [0.3, 0.4) is 0 Å². The number of anilines is 1. The fraction of sp³-hybridized carbons (Fsp3) is 0. The highest BCUT2D eigenvalue weighted by atomic mass is 79.9. The molecular formula is C13H8Br2FNOS. The van der Waals surface area contributed by atoms with Crippen molar-refractivity contribution in [3.05, 3.63) is 56.7 Å². The first-order valence-corrected chi connectivity index (χ1v) is 7.25. The minimum absolute atomic E-state index is 0.140. The van der Waals surface area contributed by atoms with Gasteiger partial charge in [-0.25, -0.2) is 4.39 Å². The van der Waals surface area contributed by atoms with Gasteiger partial charge in [0.2, 0.25) is 0 Å². The van der Waals surface area contributed by atoms with Gasteiger partial charge >= 0.3 is 0 Å². The van der Waals surface area contributed by atoms with E-state index >= 15 is 0 Å². The fourth-order valence-corrected chi connectivity index (χ4v) is 2.36. The van der Waals surface area contributed by atoms with Crippen molar-refractivity contribution >= 4 is 56.1 Å². The van der Waals surface area contributed by atoms with Crippen LogP contribution in [0.5, 0.6) is 0 Å². The van der Waals surface area contributed by atoms with Crippen LogP contribution < -0.4 is 5.32 Å². The Morgan fingerprint density at radius 2 is 1.89 bits per heavy atom. The molecule has 0 fully saturated rings. The quantitative estimate of drug-likeness (QED) is 0.685. The second-order valence-electron chi connectivity index (χ2n) is 3.74. The summed E-state index contributed by atoms with van der Waals surface area (Å²) in [6.45, 7) is 0. The van der Waals surface area contributed by atoms with Crippen molar-refractivity contribution in [2.45, 2.75) is 4.90 Å². The van der Waals surface area contributed by atoms with E-state index in [1.807, 2.05) is 12.1 Å². The summed E-state index contributed by atoms with van der Waals surface area (Å²) in [7, 11) is 0. The first-order chi connectivity index (χ1) is 8.97. The van der Waals surface area contributed by atoms with Crippen molar-refractivity contribution in [2.75, 3.05) is 5.32 Å². The largest absolute Gasteiger partial charge is 0.321 e. The van der Waals surface area contributed by atoms with Crippen molar-refractivity contribution in [1.29, 1.82) is 0 Å². The molecule has 19 heavy (non-hydrogen) atoms. The van der Waals surface area contributed by atoms with Crippen molar-refractivity contribution in [3.63, 3.8) is 0 Å². The van der Waals surface area contributed by atoms with Gasteiger partial charge in [-0.1, -0.05) is 15.9 Å². The van der Waals surface area contributed by atoms with Gasteiger partial charge in [0.05, 0.1) is 5.69 Å². The Kier molecular flexibility index (Phi) is 4.65. The van der Waals surface area contributed by atoms with Gasteiger partial charge in [0.15, 0.2) is 0 Å². The number of benzene rings is 2. The molecule has 0 radical (unpaired) electrons. The summed E-state index contributed by atoms with van der Waals surface area (Å²) in [6.07, 6.45) is 0. The number of hydrogen-bond acceptors (Lipinski definition) is 2. The Bertz CT molecular complexity index is 649. The van der Waals surface area contributed by atoms with Crippen molar-refractivity contribution < 1.29 is 9.18 Å². The molecule has 0 saturated carbocycles. The highest BCUT2D eigenvalue weighted by molar-refractivity contribution is 9.11. The fourth-order valence-electron chi connectivity index (χ4n) is 1.44. The standard InChI is InChI=1S/C13H8Br2FNOS/c14-8-2-3-9(15)11(6-8)17-13(18)7-1-4-10(16)12(19)5-7/h1-6,19H,(H,17,18). The van der Waals surface area contributed by atoms with E-state index in [0.29, 0.717) is 11.3 Å². The Morgan fingerprint density at radius 1 is 1.16 bits per heavy atom. The van der Waals surface area contributed by atoms with Crippen LogP contribution in [-0.4, -0.2) is 5.91 Å². The number of thiol groups is 1. The molecular weight excluding hydrogens is 397 g/mol. The molecule has 0 aliphatic carbocycles. The van der Waals surface area contributed by atoms with E-state index in [0.717, 1.165) is 8.95 Å². The predicted molar refractivity (Wildman–Crippen MR) is 83.4 cm³/mol. The van der Waals surface area contributed by atoms with Crippen molar-refractivity contribution in [3.8, 4) is 0 Å². The van der Waals surface area contributed by atoms with Crippen LogP contribution in [0.25, 0.3) is 0 Å². The Hall–Kier alpha value is -0.850. The summed E-state index contributed by atoms with van der Waals surface area (Å²) < 4.78 is 14.7. The van der Waals surface area contributed by atoms with E-state index in [2.05, 4.69) is 49.8 Å². The highest BCUT2D eigenvalue weighted by Crippen LogP contribution is 2.26. The second kappa shape index (κ2) is 6.07. The molecule has 0 atom stereocenters. The summed E-state index contributed by atoms with van der Waals surface area (Å²) in [6, 6.07) is 9.45. The average molecular weight is 405 g/mol. The molecule has 1 N–H and O–H groups in total. The molecule has 0 heterocycles. The highest BCUT2D eigenvalue weighted by Gasteiger charge is 2.10. The minimum atomic E-state index is -0.455. The van der Waals surface area contributed by atoms with Gasteiger partial charge in [0.1, 0.15) is 5.82 Å². The third kappa shape index (κ3) is 3.58. The van der Waals surface area contributed by atoms with Gasteiger partial charge in [-0.15, -0.1) is 12.6 Å². The number of halogens is 3. The van der Waals surface area contributed by atoms with Crippen LogP contribution in [0.4, 0.5) is 10.1 Å². The van der Waals surface area contributed by atoms with Crippen LogP contribution in [0.1, 0.15) is 10.4 Å². The first kappa shape index (κ1) is 14.6. The molecule has 0 unspecified atom stereocenters. The molecule has 0 aromatic heterocycles. The molecule has 6 heteroatoms. The van der Waals surface area contributed by atoms with Crippen LogP contribution >= 0.6 is 44.5 Å². The maximum absolute atomic E-state index is 13.1. The van der Waals surface area contributed by atoms with Gasteiger partial charge < -0.3 is 5.32 Å². The predicted octanol–water partition coefficient (Wildman–Crippen LogP) is 4.89. The lowest BCUT2D eigenvalue weighted by atomic mass is 10.2. The number of carbonyl (C=O) groups excluding carboxylic acids is 1. The lowest BCUT2D eigenvalue weighted by Gasteiger charge is -2.08. The van der Waals surface area contributed by atoms with Gasteiger partial charge in [0, 0.05) is 19.4 Å². The Balaban J connectivity index is 2.25. The van der Waals surface area contributed by atoms with Crippen molar-refractivity contribution in [1.82, 2.24) is 0 Å². The zero-order valence-electron chi connectivity index (χ0n) is 9.45. The molecule has 2 aromatic carbocycles. The maximum atomic E-state index is 13.1. The van der Waals surface area contributed by atoms with Gasteiger partial charge in [-0.3, -0.25) is 4.79 Å². The normalized spacial score (nSPS) is 10.3. The maximum Gasteiger partial charge on any atom is 0.255 e. The molecule has 0 spiro atoms. The third-order valence-corrected chi connectivity index (χ3v) is 3.91.